The van der Waals surface area contributed by atoms with Crippen LogP contribution < -0.4 is 9.80 Å². The zero-order valence-electron chi connectivity index (χ0n) is 28.1. The molecule has 1 spiro atoms. The summed E-state index contributed by atoms with van der Waals surface area (Å²) >= 11 is 0. The van der Waals surface area contributed by atoms with E-state index in [9.17, 15) is 4.79 Å². The largest absolute Gasteiger partial charge is 0.381 e. The fraction of sp³-hybridized carbons (Fsp3) is 0.500. The van der Waals surface area contributed by atoms with Crippen LogP contribution in [0.2, 0.25) is 0 Å². The molecule has 3 aliphatic rings. The first kappa shape index (κ1) is 35.0. The molecule has 1 aromatic heterocycles. The van der Waals surface area contributed by atoms with Gasteiger partial charge in [0.2, 0.25) is 0 Å². The van der Waals surface area contributed by atoms with Gasteiger partial charge in [-0.15, -0.1) is 5.10 Å². The Morgan fingerprint density at radius 1 is 1.02 bits per heavy atom. The minimum atomic E-state index is -0.578. The van der Waals surface area contributed by atoms with Crippen molar-refractivity contribution in [1.29, 1.82) is 0 Å². The van der Waals surface area contributed by atoms with Crippen molar-refractivity contribution in [3.05, 3.63) is 95.9 Å². The second kappa shape index (κ2) is 17.1. The van der Waals surface area contributed by atoms with Crippen molar-refractivity contribution in [2.45, 2.75) is 98.4 Å². The highest BCUT2D eigenvalue weighted by atomic mass is 16.5. The maximum atomic E-state index is 13.1. The monoisotopic (exact) mass is 598 g/mol. The Labute approximate surface area is 266 Å². The number of rotatable bonds is 11. The van der Waals surface area contributed by atoms with Gasteiger partial charge in [-0.05, 0) is 94.5 Å². The Bertz CT molecular complexity index is 1290. The molecule has 0 saturated carbocycles. The number of amides is 1. The second-order valence-electron chi connectivity index (χ2n) is 11.5. The molecular formula is C38H54N4O2. The van der Waals surface area contributed by atoms with Crippen LogP contribution in [0, 0.1) is 5.92 Å². The standard InChI is InChI=1S/C34H42N4O2.2C2H6/c1-5-27(10-9-25(2)3)7-6-8-30-15-18-32(36-35-30)38-33(39)34(38)23-26(4)37(24-34)31-16-13-28(14-17-31)11-12-29-19-21-40-22-20-29;2*1-2/h5,9-10,13-18,29H,2,4,6-8,11-12,19-24H2,1,3H3;2*1-2H3/b10-9-,27-5-;;. The average molecular weight is 599 g/mol. The van der Waals surface area contributed by atoms with E-state index in [1.54, 1.807) is 4.90 Å². The van der Waals surface area contributed by atoms with Gasteiger partial charge in [0.25, 0.3) is 5.91 Å². The molecule has 3 fully saturated rings. The number of hydrogen-bond donors (Lipinski definition) is 0. The van der Waals surface area contributed by atoms with Crippen LogP contribution in [-0.2, 0) is 22.4 Å². The van der Waals surface area contributed by atoms with E-state index >= 15 is 0 Å². The van der Waals surface area contributed by atoms with Crippen molar-refractivity contribution < 1.29 is 9.53 Å². The molecule has 0 N–H and O–H groups in total. The van der Waals surface area contributed by atoms with Crippen molar-refractivity contribution in [3.8, 4) is 0 Å². The maximum absolute atomic E-state index is 13.1. The smallest absolute Gasteiger partial charge is 0.257 e. The number of benzene rings is 1. The fourth-order valence-electron chi connectivity index (χ4n) is 5.95. The first-order chi connectivity index (χ1) is 21.4. The quantitative estimate of drug-likeness (QED) is 0.191. The summed E-state index contributed by atoms with van der Waals surface area (Å²) in [7, 11) is 0. The molecule has 44 heavy (non-hydrogen) atoms. The average Bonchev–Trinajstić information content (AvgIpc) is 3.45. The first-order valence-corrected chi connectivity index (χ1v) is 16.7. The predicted molar refractivity (Wildman–Crippen MR) is 185 cm³/mol. The topological polar surface area (TPSA) is 58.3 Å². The van der Waals surface area contributed by atoms with Gasteiger partial charge in [-0.1, -0.05) is 82.4 Å². The number of carbonyl (C=O) groups is 1. The summed E-state index contributed by atoms with van der Waals surface area (Å²) in [4.78, 5) is 17.1. The van der Waals surface area contributed by atoms with Crippen molar-refractivity contribution in [2.24, 2.45) is 5.92 Å². The lowest BCUT2D eigenvalue weighted by atomic mass is 9.93. The van der Waals surface area contributed by atoms with Gasteiger partial charge < -0.3 is 9.64 Å². The minimum absolute atomic E-state index is 0.105. The van der Waals surface area contributed by atoms with Crippen molar-refractivity contribution in [3.63, 3.8) is 0 Å². The SMILES string of the molecule is C=C(C)/C=C\C(=C/C)CCCc1ccc(N2C(=O)C23CC(=C)N(c2ccc(CCC4CCOCC4)cc2)C3)nn1.CC.CC. The molecule has 1 aromatic carbocycles. The van der Waals surface area contributed by atoms with Crippen LogP contribution in [0.4, 0.5) is 11.5 Å². The van der Waals surface area contributed by atoms with Gasteiger partial charge in [-0.2, -0.15) is 5.10 Å². The Hall–Kier alpha value is -3.51. The normalized spacial score (nSPS) is 20.0. The zero-order chi connectivity index (χ0) is 32.1. The third-order valence-electron chi connectivity index (χ3n) is 8.49. The highest BCUT2D eigenvalue weighted by Crippen LogP contribution is 2.49. The molecule has 238 valence electrons. The van der Waals surface area contributed by atoms with Crippen LogP contribution >= 0.6 is 0 Å². The van der Waals surface area contributed by atoms with Gasteiger partial charge in [0.1, 0.15) is 0 Å². The van der Waals surface area contributed by atoms with Gasteiger partial charge in [-0.3, -0.25) is 9.69 Å². The van der Waals surface area contributed by atoms with Crippen LogP contribution in [0.15, 0.2) is 84.6 Å². The van der Waals surface area contributed by atoms with E-state index in [1.807, 2.05) is 52.8 Å². The molecule has 1 unspecified atom stereocenters. The Balaban J connectivity index is 0.00000127. The Morgan fingerprint density at radius 3 is 2.34 bits per heavy atom. The summed E-state index contributed by atoms with van der Waals surface area (Å²) in [5.74, 6) is 1.51. The van der Waals surface area contributed by atoms with Gasteiger partial charge in [0.15, 0.2) is 11.4 Å². The lowest BCUT2D eigenvalue weighted by molar-refractivity contribution is -0.111. The molecule has 1 amide bonds. The molecule has 6 heteroatoms. The van der Waals surface area contributed by atoms with Crippen LogP contribution in [0.25, 0.3) is 0 Å². The van der Waals surface area contributed by atoms with Gasteiger partial charge in [0.05, 0.1) is 12.2 Å². The van der Waals surface area contributed by atoms with Gasteiger partial charge in [0, 0.05) is 31.0 Å². The van der Waals surface area contributed by atoms with E-state index in [2.05, 4.69) is 71.6 Å². The summed E-state index contributed by atoms with van der Waals surface area (Å²) in [6.45, 7) is 22.7. The summed E-state index contributed by atoms with van der Waals surface area (Å²) < 4.78 is 5.49. The van der Waals surface area contributed by atoms with Crippen LogP contribution in [0.5, 0.6) is 0 Å². The van der Waals surface area contributed by atoms with Crippen LogP contribution in [0.3, 0.4) is 0 Å². The summed E-state index contributed by atoms with van der Waals surface area (Å²) in [5.41, 5.74) is 6.13. The number of anilines is 2. The molecule has 0 aliphatic carbocycles. The molecule has 4 heterocycles. The van der Waals surface area contributed by atoms with E-state index in [-0.39, 0.29) is 5.91 Å². The molecule has 2 aromatic rings. The predicted octanol–water partition coefficient (Wildman–Crippen LogP) is 8.80. The van der Waals surface area contributed by atoms with Crippen molar-refractivity contribution in [2.75, 3.05) is 29.6 Å². The molecule has 1 atom stereocenters. The summed E-state index contributed by atoms with van der Waals surface area (Å²) in [6, 6.07) is 12.7. The van der Waals surface area contributed by atoms with E-state index in [1.165, 1.54) is 30.4 Å². The van der Waals surface area contributed by atoms with E-state index < -0.39 is 5.54 Å². The molecule has 0 radical (unpaired) electrons. The molecule has 3 aliphatic heterocycles. The molecular weight excluding hydrogens is 544 g/mol. The molecule has 5 rings (SSSR count). The first-order valence-electron chi connectivity index (χ1n) is 16.7. The number of carbonyl (C=O) groups excluding carboxylic acids is 1. The van der Waals surface area contributed by atoms with E-state index in [0.717, 1.165) is 67.5 Å². The number of aromatic nitrogens is 2. The lowest BCUT2D eigenvalue weighted by Crippen LogP contribution is -2.26. The number of allylic oxidation sites excluding steroid dienone is 5. The third kappa shape index (κ3) is 8.78. The molecule has 3 saturated heterocycles. The maximum Gasteiger partial charge on any atom is 0.257 e. The zero-order valence-corrected chi connectivity index (χ0v) is 28.1. The van der Waals surface area contributed by atoms with Crippen molar-refractivity contribution >= 4 is 17.4 Å². The lowest BCUT2D eigenvalue weighted by Gasteiger charge is -2.22. The second-order valence-corrected chi connectivity index (χ2v) is 11.5. The van der Waals surface area contributed by atoms with E-state index in [0.29, 0.717) is 18.8 Å². The number of ether oxygens (including phenoxy) is 1. The highest BCUT2D eigenvalue weighted by molar-refractivity contribution is 6.21. The third-order valence-corrected chi connectivity index (χ3v) is 8.49. The number of hydrogen-bond acceptors (Lipinski definition) is 5. The van der Waals surface area contributed by atoms with Crippen molar-refractivity contribution in [1.82, 2.24) is 10.2 Å². The minimum Gasteiger partial charge on any atom is -0.381 e. The van der Waals surface area contributed by atoms with E-state index in [4.69, 9.17) is 4.74 Å². The van der Waals surface area contributed by atoms with Gasteiger partial charge in [-0.25, -0.2) is 0 Å². The fourth-order valence-corrected chi connectivity index (χ4v) is 5.95. The Morgan fingerprint density at radius 2 is 1.73 bits per heavy atom. The molecule has 0 bridgehead atoms. The van der Waals surface area contributed by atoms with Gasteiger partial charge >= 0.3 is 0 Å². The number of nitrogens with zero attached hydrogens (tertiary/aromatic N) is 4. The van der Waals surface area contributed by atoms with Crippen LogP contribution in [0.1, 0.15) is 91.3 Å². The summed E-state index contributed by atoms with van der Waals surface area (Å²) in [5, 5.41) is 8.88. The Kier molecular flexibility index (Phi) is 13.6. The summed E-state index contributed by atoms with van der Waals surface area (Å²) in [6.07, 6.45) is 14.4. The molecule has 6 nitrogen and oxygen atoms in total. The number of aryl methyl sites for hydroxylation is 2. The van der Waals surface area contributed by atoms with Crippen LogP contribution in [-0.4, -0.2) is 41.4 Å². The highest BCUT2D eigenvalue weighted by Gasteiger charge is 2.68.